The number of para-hydroxylation sites is 2. The van der Waals surface area contributed by atoms with Gasteiger partial charge in [-0.2, -0.15) is 0 Å². The molecule has 0 amide bonds. The van der Waals surface area contributed by atoms with Crippen molar-refractivity contribution >= 4 is 0 Å². The van der Waals surface area contributed by atoms with Crippen LogP contribution in [0.3, 0.4) is 0 Å². The number of aromatic hydroxyl groups is 2. The molecule has 3 aromatic rings. The zero-order chi connectivity index (χ0) is 16.3. The zero-order valence-corrected chi connectivity index (χ0v) is 13.1. The van der Waals surface area contributed by atoms with Gasteiger partial charge in [-0.3, -0.25) is 0 Å². The highest BCUT2D eigenvalue weighted by Gasteiger charge is 2.38. The third kappa shape index (κ3) is 2.46. The fourth-order valence-electron chi connectivity index (χ4n) is 3.43. The molecule has 2 nitrogen and oxygen atoms in total. The Morgan fingerprint density at radius 3 is 1.52 bits per heavy atom. The smallest absolute Gasteiger partial charge is 0.120 e. The first-order chi connectivity index (χ1) is 11.2. The van der Waals surface area contributed by atoms with Gasteiger partial charge < -0.3 is 10.2 Å². The molecule has 0 fully saturated rings. The van der Waals surface area contributed by atoms with Crippen LogP contribution in [0, 0.1) is 0 Å². The lowest BCUT2D eigenvalue weighted by molar-refractivity contribution is 0.430. The van der Waals surface area contributed by atoms with E-state index in [4.69, 9.17) is 0 Å². The normalized spacial score (nSPS) is 11.3. The van der Waals surface area contributed by atoms with E-state index < -0.39 is 5.41 Å². The average molecular weight is 304 g/mol. The third-order valence-corrected chi connectivity index (χ3v) is 4.52. The van der Waals surface area contributed by atoms with E-state index in [-0.39, 0.29) is 11.5 Å². The Bertz CT molecular complexity index is 748. The molecular formula is C21H20O2. The highest BCUT2D eigenvalue weighted by Crippen LogP contribution is 2.47. The zero-order valence-electron chi connectivity index (χ0n) is 13.1. The van der Waals surface area contributed by atoms with Gasteiger partial charge in [0.25, 0.3) is 0 Å². The van der Waals surface area contributed by atoms with E-state index in [9.17, 15) is 10.2 Å². The van der Waals surface area contributed by atoms with Gasteiger partial charge in [-0.05, 0) is 24.1 Å². The summed E-state index contributed by atoms with van der Waals surface area (Å²) in [5, 5.41) is 21.0. The largest absolute Gasteiger partial charge is 0.508 e. The predicted octanol–water partition coefficient (Wildman–Crippen LogP) is 4.84. The molecule has 3 rings (SSSR count). The summed E-state index contributed by atoms with van der Waals surface area (Å²) in [5.74, 6) is 0.475. The Labute approximate surface area is 136 Å². The molecular weight excluding hydrogens is 284 g/mol. The quantitative estimate of drug-likeness (QED) is 0.677. The van der Waals surface area contributed by atoms with Crippen LogP contribution in [0.2, 0.25) is 0 Å². The van der Waals surface area contributed by atoms with Gasteiger partial charge in [0.1, 0.15) is 11.5 Å². The van der Waals surface area contributed by atoms with Crippen LogP contribution >= 0.6 is 0 Å². The van der Waals surface area contributed by atoms with E-state index in [1.807, 2.05) is 66.7 Å². The van der Waals surface area contributed by atoms with Gasteiger partial charge in [-0.15, -0.1) is 0 Å². The van der Waals surface area contributed by atoms with Gasteiger partial charge in [0, 0.05) is 11.1 Å². The standard InChI is InChI=1S/C21H20O2/c1-2-21(16-10-4-3-5-11-16,17-12-6-8-14-19(17)22)18-13-7-9-15-20(18)23/h3-15,22-23H,2H2,1H3. The molecule has 2 heteroatoms. The first-order valence-corrected chi connectivity index (χ1v) is 7.82. The number of hydrogen-bond donors (Lipinski definition) is 2. The number of phenols is 2. The van der Waals surface area contributed by atoms with E-state index in [0.717, 1.165) is 16.7 Å². The van der Waals surface area contributed by atoms with Crippen molar-refractivity contribution in [1.29, 1.82) is 0 Å². The highest BCUT2D eigenvalue weighted by atomic mass is 16.3. The van der Waals surface area contributed by atoms with Crippen molar-refractivity contribution in [2.75, 3.05) is 0 Å². The molecule has 0 atom stereocenters. The Morgan fingerprint density at radius 1 is 0.652 bits per heavy atom. The molecule has 0 aliphatic carbocycles. The summed E-state index contributed by atoms with van der Waals surface area (Å²) in [6.07, 6.45) is 0.714. The number of rotatable bonds is 4. The van der Waals surface area contributed by atoms with Crippen LogP contribution in [-0.2, 0) is 5.41 Å². The van der Waals surface area contributed by atoms with E-state index in [2.05, 4.69) is 6.92 Å². The molecule has 0 spiro atoms. The van der Waals surface area contributed by atoms with Gasteiger partial charge >= 0.3 is 0 Å². The lowest BCUT2D eigenvalue weighted by Crippen LogP contribution is -2.28. The summed E-state index contributed by atoms with van der Waals surface area (Å²) < 4.78 is 0. The number of benzene rings is 3. The molecule has 0 radical (unpaired) electrons. The van der Waals surface area contributed by atoms with Crippen molar-refractivity contribution < 1.29 is 10.2 Å². The van der Waals surface area contributed by atoms with Crippen molar-refractivity contribution in [3.63, 3.8) is 0 Å². The molecule has 3 aromatic carbocycles. The second-order valence-corrected chi connectivity index (χ2v) is 5.66. The van der Waals surface area contributed by atoms with Crippen molar-refractivity contribution in [2.45, 2.75) is 18.8 Å². The maximum absolute atomic E-state index is 10.5. The van der Waals surface area contributed by atoms with Gasteiger partial charge in [-0.25, -0.2) is 0 Å². The van der Waals surface area contributed by atoms with Crippen LogP contribution in [0.1, 0.15) is 30.0 Å². The Balaban J connectivity index is 2.39. The minimum absolute atomic E-state index is 0.237. The summed E-state index contributed by atoms with van der Waals surface area (Å²) in [6, 6.07) is 24.8. The maximum atomic E-state index is 10.5. The van der Waals surface area contributed by atoms with Gasteiger partial charge in [0.15, 0.2) is 0 Å². The second kappa shape index (κ2) is 6.17. The van der Waals surface area contributed by atoms with E-state index in [0.29, 0.717) is 6.42 Å². The van der Waals surface area contributed by atoms with Crippen LogP contribution in [0.4, 0.5) is 0 Å². The fraction of sp³-hybridized carbons (Fsp3) is 0.143. The second-order valence-electron chi connectivity index (χ2n) is 5.66. The molecule has 23 heavy (non-hydrogen) atoms. The van der Waals surface area contributed by atoms with E-state index in [1.165, 1.54) is 0 Å². The summed E-state index contributed by atoms with van der Waals surface area (Å²) in [6.45, 7) is 2.08. The first kappa shape index (κ1) is 15.2. The highest BCUT2D eigenvalue weighted by molar-refractivity contribution is 5.58. The third-order valence-electron chi connectivity index (χ3n) is 4.52. The van der Waals surface area contributed by atoms with Crippen molar-refractivity contribution in [3.8, 4) is 11.5 Å². The van der Waals surface area contributed by atoms with Crippen LogP contribution < -0.4 is 0 Å². The minimum Gasteiger partial charge on any atom is -0.508 e. The molecule has 2 N–H and O–H groups in total. The molecule has 0 saturated carbocycles. The molecule has 0 aliphatic heterocycles. The molecule has 0 bridgehead atoms. The van der Waals surface area contributed by atoms with Crippen molar-refractivity contribution in [3.05, 3.63) is 95.6 Å². The van der Waals surface area contributed by atoms with E-state index >= 15 is 0 Å². The van der Waals surface area contributed by atoms with Crippen LogP contribution in [0.25, 0.3) is 0 Å². The van der Waals surface area contributed by atoms with Crippen LogP contribution in [0.5, 0.6) is 11.5 Å². The monoisotopic (exact) mass is 304 g/mol. The van der Waals surface area contributed by atoms with Crippen LogP contribution in [0.15, 0.2) is 78.9 Å². The maximum Gasteiger partial charge on any atom is 0.120 e. The predicted molar refractivity (Wildman–Crippen MR) is 92.8 cm³/mol. The lowest BCUT2D eigenvalue weighted by Gasteiger charge is -2.35. The summed E-state index contributed by atoms with van der Waals surface area (Å²) in [7, 11) is 0. The van der Waals surface area contributed by atoms with Crippen molar-refractivity contribution in [1.82, 2.24) is 0 Å². The van der Waals surface area contributed by atoms with Gasteiger partial charge in [-0.1, -0.05) is 73.7 Å². The fourth-order valence-corrected chi connectivity index (χ4v) is 3.43. The molecule has 0 unspecified atom stereocenters. The number of hydrogen-bond acceptors (Lipinski definition) is 2. The lowest BCUT2D eigenvalue weighted by atomic mass is 9.67. The molecule has 0 aliphatic rings. The molecule has 0 aromatic heterocycles. The summed E-state index contributed by atoms with van der Waals surface area (Å²) in [4.78, 5) is 0. The molecule has 0 saturated heterocycles. The van der Waals surface area contributed by atoms with E-state index in [1.54, 1.807) is 12.1 Å². The summed E-state index contributed by atoms with van der Waals surface area (Å²) >= 11 is 0. The number of phenolic OH excluding ortho intramolecular Hbond substituents is 2. The average Bonchev–Trinajstić information content (AvgIpc) is 2.60. The molecule has 0 heterocycles. The van der Waals surface area contributed by atoms with Gasteiger partial charge in [0.05, 0.1) is 5.41 Å². The SMILES string of the molecule is CCC(c1ccccc1)(c1ccccc1O)c1ccccc1O. The molecule has 116 valence electrons. The Morgan fingerprint density at radius 2 is 1.09 bits per heavy atom. The minimum atomic E-state index is -0.599. The van der Waals surface area contributed by atoms with Crippen molar-refractivity contribution in [2.24, 2.45) is 0 Å². The Hall–Kier alpha value is -2.74. The topological polar surface area (TPSA) is 40.5 Å². The first-order valence-electron chi connectivity index (χ1n) is 7.82. The Kier molecular flexibility index (Phi) is 4.07. The van der Waals surface area contributed by atoms with Gasteiger partial charge in [0.2, 0.25) is 0 Å². The summed E-state index contributed by atoms with van der Waals surface area (Å²) in [5.41, 5.74) is 2.05. The van der Waals surface area contributed by atoms with Crippen LogP contribution in [-0.4, -0.2) is 10.2 Å².